The number of aryl methyl sites for hydroxylation is 1. The molecule has 0 unspecified atom stereocenters. The molecule has 0 atom stereocenters. The first-order valence-corrected chi connectivity index (χ1v) is 9.45. The molecule has 3 heterocycles. The summed E-state index contributed by atoms with van der Waals surface area (Å²) in [6.07, 6.45) is 1.60. The minimum atomic E-state index is 0.0177. The van der Waals surface area contributed by atoms with Crippen LogP contribution in [0.15, 0.2) is 36.4 Å². The smallest absolute Gasteiger partial charge is 0.223 e. The molecule has 0 aliphatic carbocycles. The lowest BCUT2D eigenvalue weighted by molar-refractivity contribution is -0.125. The van der Waals surface area contributed by atoms with Crippen LogP contribution in [0.2, 0.25) is 5.02 Å². The molecule has 0 radical (unpaired) electrons. The van der Waals surface area contributed by atoms with Gasteiger partial charge in [0.2, 0.25) is 5.91 Å². The molecule has 4 rings (SSSR count). The van der Waals surface area contributed by atoms with Gasteiger partial charge in [-0.25, -0.2) is 0 Å². The molecule has 0 saturated carbocycles. The van der Waals surface area contributed by atoms with Crippen LogP contribution >= 0.6 is 11.6 Å². The summed E-state index contributed by atoms with van der Waals surface area (Å²) in [6, 6.07) is 11.5. The number of aromatic nitrogens is 4. The SMILES string of the molecule is Cc1nnc2ccc(N3CCC(C(=O)NCc4ccccc4Cl)CC3)nn12. The van der Waals surface area contributed by atoms with Gasteiger partial charge in [-0.3, -0.25) is 4.79 Å². The second kappa shape index (κ2) is 7.52. The van der Waals surface area contributed by atoms with Crippen molar-refractivity contribution in [1.29, 1.82) is 0 Å². The first-order valence-electron chi connectivity index (χ1n) is 9.07. The van der Waals surface area contributed by atoms with Gasteiger partial charge >= 0.3 is 0 Å². The van der Waals surface area contributed by atoms with Crippen LogP contribution in [0.25, 0.3) is 5.65 Å². The molecule has 2 aromatic heterocycles. The molecule has 0 spiro atoms. The van der Waals surface area contributed by atoms with Crippen molar-refractivity contribution in [3.05, 3.63) is 52.8 Å². The molecule has 1 saturated heterocycles. The Labute approximate surface area is 162 Å². The van der Waals surface area contributed by atoms with Gasteiger partial charge < -0.3 is 10.2 Å². The van der Waals surface area contributed by atoms with E-state index < -0.39 is 0 Å². The molecule has 1 aliphatic rings. The number of nitrogens with one attached hydrogen (secondary N) is 1. The fourth-order valence-corrected chi connectivity index (χ4v) is 3.60. The number of halogens is 1. The van der Waals surface area contributed by atoms with Crippen LogP contribution in [0.5, 0.6) is 0 Å². The van der Waals surface area contributed by atoms with Gasteiger partial charge in [-0.2, -0.15) is 4.52 Å². The molecule has 1 amide bonds. The lowest BCUT2D eigenvalue weighted by atomic mass is 9.96. The number of carbonyl (C=O) groups is 1. The Hall–Kier alpha value is -2.67. The summed E-state index contributed by atoms with van der Waals surface area (Å²) in [5, 5.41) is 16.4. The number of hydrogen-bond donors (Lipinski definition) is 1. The van der Waals surface area contributed by atoms with E-state index >= 15 is 0 Å². The maximum atomic E-state index is 12.5. The summed E-state index contributed by atoms with van der Waals surface area (Å²) in [6.45, 7) is 3.93. The zero-order valence-electron chi connectivity index (χ0n) is 15.1. The van der Waals surface area contributed by atoms with Crippen molar-refractivity contribution in [3.63, 3.8) is 0 Å². The predicted octanol–water partition coefficient (Wildman–Crippen LogP) is 2.62. The van der Waals surface area contributed by atoms with Gasteiger partial charge in [-0.05, 0) is 43.5 Å². The number of piperidine rings is 1. The Morgan fingerprint density at radius 3 is 2.74 bits per heavy atom. The molecule has 7 nitrogen and oxygen atoms in total. The third kappa shape index (κ3) is 3.73. The molecule has 27 heavy (non-hydrogen) atoms. The number of carbonyl (C=O) groups excluding carboxylic acids is 1. The topological polar surface area (TPSA) is 75.4 Å². The summed E-state index contributed by atoms with van der Waals surface area (Å²) in [5.41, 5.74) is 1.68. The van der Waals surface area contributed by atoms with E-state index in [0.29, 0.717) is 11.6 Å². The van der Waals surface area contributed by atoms with Gasteiger partial charge in [-0.15, -0.1) is 15.3 Å². The standard InChI is InChI=1S/C19H21ClN6O/c1-13-22-23-17-6-7-18(24-26(13)17)25-10-8-14(9-11-25)19(27)21-12-15-4-2-3-5-16(15)20/h2-7,14H,8-12H2,1H3,(H,21,27). The highest BCUT2D eigenvalue weighted by Gasteiger charge is 2.26. The van der Waals surface area contributed by atoms with Crippen molar-refractivity contribution < 1.29 is 4.79 Å². The Bertz CT molecular complexity index is 964. The molecule has 1 fully saturated rings. The second-order valence-electron chi connectivity index (χ2n) is 6.78. The van der Waals surface area contributed by atoms with Crippen LogP contribution in [-0.4, -0.2) is 38.8 Å². The number of fused-ring (bicyclic) bond motifs is 1. The van der Waals surface area contributed by atoms with Gasteiger partial charge in [0.15, 0.2) is 11.5 Å². The van der Waals surface area contributed by atoms with E-state index in [1.165, 1.54) is 0 Å². The average Bonchev–Trinajstić information content (AvgIpc) is 3.07. The van der Waals surface area contributed by atoms with Gasteiger partial charge in [-0.1, -0.05) is 29.8 Å². The highest BCUT2D eigenvalue weighted by atomic mass is 35.5. The molecule has 1 aliphatic heterocycles. The fourth-order valence-electron chi connectivity index (χ4n) is 3.39. The zero-order chi connectivity index (χ0) is 18.8. The van der Waals surface area contributed by atoms with Crippen LogP contribution in [-0.2, 0) is 11.3 Å². The zero-order valence-corrected chi connectivity index (χ0v) is 15.9. The maximum absolute atomic E-state index is 12.5. The van der Waals surface area contributed by atoms with Crippen LogP contribution in [0.4, 0.5) is 5.82 Å². The van der Waals surface area contributed by atoms with E-state index in [0.717, 1.165) is 48.8 Å². The lowest BCUT2D eigenvalue weighted by Crippen LogP contribution is -2.40. The Kier molecular flexibility index (Phi) is 4.94. The first-order chi connectivity index (χ1) is 13.1. The third-order valence-corrected chi connectivity index (χ3v) is 5.37. The molecule has 1 N–H and O–H groups in total. The number of nitrogens with zero attached hydrogens (tertiary/aromatic N) is 5. The molecule has 140 valence electrons. The van der Waals surface area contributed by atoms with Gasteiger partial charge in [0.1, 0.15) is 5.82 Å². The van der Waals surface area contributed by atoms with Crippen molar-refractivity contribution in [2.75, 3.05) is 18.0 Å². The van der Waals surface area contributed by atoms with Crippen LogP contribution in [0, 0.1) is 12.8 Å². The van der Waals surface area contributed by atoms with Crippen LogP contribution < -0.4 is 10.2 Å². The second-order valence-corrected chi connectivity index (χ2v) is 7.19. The molecule has 8 heteroatoms. The average molecular weight is 385 g/mol. The Morgan fingerprint density at radius 2 is 1.96 bits per heavy atom. The molecule has 0 bridgehead atoms. The monoisotopic (exact) mass is 384 g/mol. The summed E-state index contributed by atoms with van der Waals surface area (Å²) >= 11 is 6.15. The Balaban J connectivity index is 1.34. The third-order valence-electron chi connectivity index (χ3n) is 5.01. The fraction of sp³-hybridized carbons (Fsp3) is 0.368. The minimum absolute atomic E-state index is 0.0177. The van der Waals surface area contributed by atoms with Crippen molar-refractivity contribution in [2.24, 2.45) is 5.92 Å². The molecular formula is C19H21ClN6O. The molecule has 1 aromatic carbocycles. The summed E-state index contributed by atoms with van der Waals surface area (Å²) in [5.74, 6) is 1.76. The number of anilines is 1. The highest BCUT2D eigenvalue weighted by Crippen LogP contribution is 2.23. The van der Waals surface area contributed by atoms with E-state index in [-0.39, 0.29) is 11.8 Å². The summed E-state index contributed by atoms with van der Waals surface area (Å²) < 4.78 is 1.75. The lowest BCUT2D eigenvalue weighted by Gasteiger charge is -2.32. The van der Waals surface area contributed by atoms with Gasteiger partial charge in [0, 0.05) is 30.6 Å². The maximum Gasteiger partial charge on any atom is 0.223 e. The molecule has 3 aromatic rings. The van der Waals surface area contributed by atoms with Gasteiger partial charge in [0.25, 0.3) is 0 Å². The normalized spacial score (nSPS) is 15.3. The number of benzene rings is 1. The summed E-state index contributed by atoms with van der Waals surface area (Å²) in [7, 11) is 0. The minimum Gasteiger partial charge on any atom is -0.355 e. The number of hydrogen-bond acceptors (Lipinski definition) is 5. The van der Waals surface area contributed by atoms with E-state index in [1.807, 2.05) is 43.3 Å². The largest absolute Gasteiger partial charge is 0.355 e. The molecular weight excluding hydrogens is 364 g/mol. The summed E-state index contributed by atoms with van der Waals surface area (Å²) in [4.78, 5) is 14.7. The van der Waals surface area contributed by atoms with Crippen molar-refractivity contribution in [2.45, 2.75) is 26.3 Å². The quantitative estimate of drug-likeness (QED) is 0.748. The van der Waals surface area contributed by atoms with E-state index in [9.17, 15) is 4.79 Å². The predicted molar refractivity (Wildman–Crippen MR) is 104 cm³/mol. The number of amides is 1. The van der Waals surface area contributed by atoms with Crippen molar-refractivity contribution in [1.82, 2.24) is 25.1 Å². The van der Waals surface area contributed by atoms with Crippen molar-refractivity contribution in [3.8, 4) is 0 Å². The first kappa shape index (κ1) is 17.7. The number of rotatable bonds is 4. The van der Waals surface area contributed by atoms with E-state index in [2.05, 4.69) is 25.5 Å². The van der Waals surface area contributed by atoms with Crippen LogP contribution in [0.3, 0.4) is 0 Å². The highest BCUT2D eigenvalue weighted by molar-refractivity contribution is 6.31. The van der Waals surface area contributed by atoms with E-state index in [1.54, 1.807) is 4.52 Å². The van der Waals surface area contributed by atoms with Crippen LogP contribution in [0.1, 0.15) is 24.2 Å². The Morgan fingerprint density at radius 1 is 1.19 bits per heavy atom. The van der Waals surface area contributed by atoms with Crippen molar-refractivity contribution >= 4 is 29.0 Å². The van der Waals surface area contributed by atoms with E-state index in [4.69, 9.17) is 11.6 Å². The van der Waals surface area contributed by atoms with Gasteiger partial charge in [0.05, 0.1) is 0 Å².